The summed E-state index contributed by atoms with van der Waals surface area (Å²) in [5.74, 6) is 1.93. The van der Waals surface area contributed by atoms with Crippen LogP contribution in [0.15, 0.2) is 17.0 Å². The Morgan fingerprint density at radius 1 is 1.35 bits per heavy atom. The third-order valence-electron chi connectivity index (χ3n) is 3.44. The molecule has 0 unspecified atom stereocenters. The fourth-order valence-corrected chi connectivity index (χ4v) is 3.37. The largest absolute Gasteiger partial charge is 0.336 e. The van der Waals surface area contributed by atoms with E-state index < -0.39 is 21.5 Å². The Hall–Kier alpha value is -1.26. The van der Waals surface area contributed by atoms with Crippen LogP contribution >= 0.6 is 23.2 Å². The average Bonchev–Trinajstić information content (AvgIpc) is 2.46. The smallest absolute Gasteiger partial charge is 0.254 e. The lowest BCUT2D eigenvalue weighted by Crippen LogP contribution is -2.44. The van der Waals surface area contributed by atoms with Gasteiger partial charge in [0.1, 0.15) is 4.90 Å². The number of sulfonamides is 1. The van der Waals surface area contributed by atoms with Crippen molar-refractivity contribution >= 4 is 39.1 Å². The molecule has 0 saturated carbocycles. The van der Waals surface area contributed by atoms with Crippen LogP contribution in [-0.2, 0) is 10.0 Å². The van der Waals surface area contributed by atoms with Gasteiger partial charge in [-0.05, 0) is 25.5 Å². The highest BCUT2D eigenvalue weighted by Crippen LogP contribution is 2.30. The predicted molar refractivity (Wildman–Crippen MR) is 92.3 cm³/mol. The lowest BCUT2D eigenvalue weighted by molar-refractivity contribution is 0.0923. The van der Waals surface area contributed by atoms with E-state index in [1.165, 1.54) is 20.2 Å². The van der Waals surface area contributed by atoms with E-state index in [9.17, 15) is 13.2 Å². The molecule has 1 amide bonds. The van der Waals surface area contributed by atoms with Gasteiger partial charge >= 0.3 is 0 Å². The fourth-order valence-electron chi connectivity index (χ4n) is 1.64. The van der Waals surface area contributed by atoms with Crippen LogP contribution in [0, 0.1) is 12.3 Å². The second-order valence-corrected chi connectivity index (χ2v) is 8.27. The van der Waals surface area contributed by atoms with Crippen molar-refractivity contribution in [2.45, 2.75) is 30.7 Å². The van der Waals surface area contributed by atoms with E-state index in [0.29, 0.717) is 6.42 Å². The second-order valence-electron chi connectivity index (χ2n) is 5.33. The zero-order valence-electron chi connectivity index (χ0n) is 13.3. The number of rotatable bonds is 5. The topological polar surface area (TPSA) is 66.5 Å². The summed E-state index contributed by atoms with van der Waals surface area (Å²) >= 11 is 12.0. The Bertz CT molecular complexity index is 770. The van der Waals surface area contributed by atoms with Crippen molar-refractivity contribution in [2.75, 3.05) is 14.1 Å². The highest BCUT2D eigenvalue weighted by Gasteiger charge is 2.27. The zero-order chi connectivity index (χ0) is 18.0. The van der Waals surface area contributed by atoms with Gasteiger partial charge in [-0.1, -0.05) is 36.0 Å². The number of carbonyl (C=O) groups excluding carboxylic acids is 1. The fraction of sp³-hybridized carbons (Fsp3) is 0.400. The highest BCUT2D eigenvalue weighted by atomic mass is 35.5. The van der Waals surface area contributed by atoms with Crippen LogP contribution < -0.4 is 5.32 Å². The summed E-state index contributed by atoms with van der Waals surface area (Å²) in [6.45, 7) is 3.51. The van der Waals surface area contributed by atoms with Crippen molar-refractivity contribution in [2.24, 2.45) is 0 Å². The maximum Gasteiger partial charge on any atom is 0.254 e. The van der Waals surface area contributed by atoms with Crippen molar-refractivity contribution < 1.29 is 13.2 Å². The number of hydrogen-bond donors (Lipinski definition) is 1. The quantitative estimate of drug-likeness (QED) is 0.803. The van der Waals surface area contributed by atoms with Crippen LogP contribution in [0.2, 0.25) is 10.0 Å². The molecule has 0 aromatic heterocycles. The van der Waals surface area contributed by atoms with Crippen molar-refractivity contribution in [1.29, 1.82) is 0 Å². The summed E-state index contributed by atoms with van der Waals surface area (Å²) in [7, 11) is -1.08. The number of amides is 1. The van der Waals surface area contributed by atoms with Gasteiger partial charge in [-0.15, -0.1) is 6.42 Å². The van der Waals surface area contributed by atoms with Crippen LogP contribution in [0.5, 0.6) is 0 Å². The minimum Gasteiger partial charge on any atom is -0.336 e. The molecule has 0 aliphatic rings. The normalized spacial score (nSPS) is 14.2. The molecule has 0 saturated heterocycles. The van der Waals surface area contributed by atoms with Crippen LogP contribution in [0.1, 0.15) is 30.6 Å². The SMILES string of the molecule is C#C[C@@](C)(CC)NC(=O)c1cc(S(=O)(=O)N(C)C)c(Cl)cc1Cl. The Kier molecular flexibility index (Phi) is 6.11. The summed E-state index contributed by atoms with van der Waals surface area (Å²) < 4.78 is 25.5. The average molecular weight is 377 g/mol. The summed E-state index contributed by atoms with van der Waals surface area (Å²) in [5, 5.41) is 2.65. The van der Waals surface area contributed by atoms with Gasteiger partial charge in [-0.25, -0.2) is 12.7 Å². The molecule has 0 radical (unpaired) electrons. The Balaban J connectivity index is 3.40. The van der Waals surface area contributed by atoms with E-state index >= 15 is 0 Å². The monoisotopic (exact) mass is 376 g/mol. The first-order chi connectivity index (χ1) is 10.5. The van der Waals surface area contributed by atoms with Crippen LogP contribution in [-0.4, -0.2) is 38.3 Å². The van der Waals surface area contributed by atoms with Crippen molar-refractivity contribution in [1.82, 2.24) is 9.62 Å². The summed E-state index contributed by atoms with van der Waals surface area (Å²) in [5.41, 5.74) is -0.868. The van der Waals surface area contributed by atoms with Crippen LogP contribution in [0.3, 0.4) is 0 Å². The molecular weight excluding hydrogens is 359 g/mol. The van der Waals surface area contributed by atoms with Crippen LogP contribution in [0.4, 0.5) is 0 Å². The van der Waals surface area contributed by atoms with Gasteiger partial charge in [0.15, 0.2) is 0 Å². The molecule has 1 atom stereocenters. The summed E-state index contributed by atoms with van der Waals surface area (Å²) in [4.78, 5) is 12.2. The van der Waals surface area contributed by atoms with E-state index in [2.05, 4.69) is 11.2 Å². The Morgan fingerprint density at radius 2 is 1.91 bits per heavy atom. The number of nitrogens with zero attached hydrogens (tertiary/aromatic N) is 1. The first-order valence-corrected chi connectivity index (χ1v) is 8.90. The second kappa shape index (κ2) is 7.10. The third kappa shape index (κ3) is 4.18. The predicted octanol–water partition coefficient (Wildman–Crippen LogP) is 2.78. The number of benzene rings is 1. The van der Waals surface area contributed by atoms with Crippen molar-refractivity contribution in [3.8, 4) is 12.3 Å². The Labute approximate surface area is 147 Å². The molecule has 5 nitrogen and oxygen atoms in total. The maximum absolute atomic E-state index is 12.4. The van der Waals surface area contributed by atoms with Gasteiger partial charge in [-0.2, -0.15) is 0 Å². The maximum atomic E-state index is 12.4. The standard InChI is InChI=1S/C15H18Cl2N2O3S/c1-6-15(3,7-2)18-14(20)10-8-13(12(17)9-11(10)16)23(21,22)19(4)5/h1,8-9H,7H2,2-5H3,(H,18,20)/t15-/m0/s1. The number of hydrogen-bond acceptors (Lipinski definition) is 3. The van der Waals surface area contributed by atoms with Gasteiger partial charge < -0.3 is 5.32 Å². The summed E-state index contributed by atoms with van der Waals surface area (Å²) in [6, 6.07) is 2.38. The van der Waals surface area contributed by atoms with Gasteiger partial charge in [0.2, 0.25) is 10.0 Å². The summed E-state index contributed by atoms with van der Waals surface area (Å²) in [6.07, 6.45) is 5.93. The molecule has 1 aromatic carbocycles. The first kappa shape index (κ1) is 19.8. The molecule has 1 aromatic rings. The molecule has 0 heterocycles. The molecule has 0 fully saturated rings. The van der Waals surface area contributed by atoms with E-state index in [1.54, 1.807) is 6.92 Å². The van der Waals surface area contributed by atoms with Crippen molar-refractivity contribution in [3.63, 3.8) is 0 Å². The van der Waals surface area contributed by atoms with E-state index in [0.717, 1.165) is 10.4 Å². The molecule has 0 aliphatic carbocycles. The molecule has 23 heavy (non-hydrogen) atoms. The van der Waals surface area contributed by atoms with Gasteiger partial charge in [-0.3, -0.25) is 4.79 Å². The molecule has 0 spiro atoms. The molecule has 126 valence electrons. The van der Waals surface area contributed by atoms with E-state index in [1.807, 2.05) is 6.92 Å². The van der Waals surface area contributed by atoms with E-state index in [4.69, 9.17) is 29.6 Å². The first-order valence-electron chi connectivity index (χ1n) is 6.70. The number of nitrogens with one attached hydrogen (secondary N) is 1. The lowest BCUT2D eigenvalue weighted by atomic mass is 9.99. The van der Waals surface area contributed by atoms with Gasteiger partial charge in [0.25, 0.3) is 5.91 Å². The molecule has 8 heteroatoms. The van der Waals surface area contributed by atoms with Gasteiger partial charge in [0, 0.05) is 14.1 Å². The zero-order valence-corrected chi connectivity index (χ0v) is 15.6. The number of carbonyl (C=O) groups is 1. The molecule has 0 aliphatic heterocycles. The molecule has 0 bridgehead atoms. The number of terminal acetylenes is 1. The number of halogens is 2. The molecular formula is C15H18Cl2N2O3S. The highest BCUT2D eigenvalue weighted by molar-refractivity contribution is 7.89. The lowest BCUT2D eigenvalue weighted by Gasteiger charge is -2.24. The van der Waals surface area contributed by atoms with Crippen LogP contribution in [0.25, 0.3) is 0 Å². The molecule has 1 N–H and O–H groups in total. The van der Waals surface area contributed by atoms with Gasteiger partial charge in [0.05, 0.1) is 21.1 Å². The molecule has 1 rings (SSSR count). The third-order valence-corrected chi connectivity index (χ3v) is 6.03. The minimum atomic E-state index is -3.81. The van der Waals surface area contributed by atoms with E-state index in [-0.39, 0.29) is 20.5 Å². The van der Waals surface area contributed by atoms with Crippen molar-refractivity contribution in [3.05, 3.63) is 27.7 Å². The minimum absolute atomic E-state index is 0.00795. The Morgan fingerprint density at radius 3 is 2.35 bits per heavy atom.